The maximum Gasteiger partial charge on any atom is 0.222 e. The molecule has 0 radical (unpaired) electrons. The molecule has 0 spiro atoms. The number of benzene rings is 1. The van der Waals surface area contributed by atoms with Crippen LogP contribution in [0.4, 0.5) is 0 Å². The average molecular weight is 319 g/mol. The van der Waals surface area contributed by atoms with Crippen LogP contribution in [0.5, 0.6) is 0 Å². The lowest BCUT2D eigenvalue weighted by Gasteiger charge is -2.43. The molecule has 23 heavy (non-hydrogen) atoms. The molecular formula is C19H29NO3. The summed E-state index contributed by atoms with van der Waals surface area (Å²) in [6, 6.07) is 8.21. The molecule has 128 valence electrons. The van der Waals surface area contributed by atoms with Crippen LogP contribution >= 0.6 is 0 Å². The number of piperidine rings is 1. The van der Waals surface area contributed by atoms with Gasteiger partial charge >= 0.3 is 0 Å². The average Bonchev–Trinajstić information content (AvgIpc) is 2.54. The second-order valence-corrected chi connectivity index (χ2v) is 6.76. The van der Waals surface area contributed by atoms with E-state index in [4.69, 9.17) is 4.74 Å². The van der Waals surface area contributed by atoms with Crippen LogP contribution in [0, 0.1) is 12.8 Å². The Balaban J connectivity index is 1.86. The fourth-order valence-electron chi connectivity index (χ4n) is 3.33. The summed E-state index contributed by atoms with van der Waals surface area (Å²) in [5.74, 6) is 0.266. The Morgan fingerprint density at radius 2 is 2.17 bits per heavy atom. The molecule has 1 heterocycles. The minimum atomic E-state index is -0.706. The molecule has 4 heteroatoms. The van der Waals surface area contributed by atoms with E-state index in [1.165, 1.54) is 11.1 Å². The van der Waals surface area contributed by atoms with Gasteiger partial charge in [-0.15, -0.1) is 0 Å². The Bertz CT molecular complexity index is 531. The number of nitrogens with zero attached hydrogens (tertiary/aromatic N) is 1. The second kappa shape index (κ2) is 7.93. The van der Waals surface area contributed by atoms with E-state index in [-0.39, 0.29) is 11.8 Å². The number of aryl methyl sites for hydroxylation is 2. The van der Waals surface area contributed by atoms with E-state index in [2.05, 4.69) is 19.1 Å². The number of hydrogen-bond donors (Lipinski definition) is 1. The molecule has 1 aromatic rings. The summed E-state index contributed by atoms with van der Waals surface area (Å²) in [6.45, 7) is 5.93. The molecule has 2 unspecified atom stereocenters. The van der Waals surface area contributed by atoms with Crippen molar-refractivity contribution in [3.63, 3.8) is 0 Å². The monoisotopic (exact) mass is 319 g/mol. The topological polar surface area (TPSA) is 49.8 Å². The summed E-state index contributed by atoms with van der Waals surface area (Å²) in [6.07, 6.45) is 2.59. The van der Waals surface area contributed by atoms with Crippen LogP contribution in [0.15, 0.2) is 24.3 Å². The first-order chi connectivity index (χ1) is 11.0. The molecule has 1 fully saturated rings. The van der Waals surface area contributed by atoms with E-state index in [9.17, 15) is 9.90 Å². The number of methoxy groups -OCH3 is 1. The Kier molecular flexibility index (Phi) is 6.19. The highest BCUT2D eigenvalue weighted by Crippen LogP contribution is 2.31. The Hall–Kier alpha value is -1.39. The van der Waals surface area contributed by atoms with E-state index >= 15 is 0 Å². The van der Waals surface area contributed by atoms with E-state index in [1.54, 1.807) is 7.11 Å². The SMILES string of the molecule is COCCC1(O)CCN(C(=O)CCc2ccccc2C)CC1C. The van der Waals surface area contributed by atoms with Crippen molar-refractivity contribution in [3.05, 3.63) is 35.4 Å². The zero-order valence-electron chi connectivity index (χ0n) is 14.5. The number of likely N-dealkylation sites (tertiary alicyclic amines) is 1. The number of rotatable bonds is 6. The van der Waals surface area contributed by atoms with Crippen LogP contribution in [0.1, 0.15) is 37.3 Å². The van der Waals surface area contributed by atoms with Gasteiger partial charge in [-0.2, -0.15) is 0 Å². The first kappa shape index (κ1) is 18.0. The Labute approximate surface area is 139 Å². The van der Waals surface area contributed by atoms with Crippen molar-refractivity contribution < 1.29 is 14.6 Å². The van der Waals surface area contributed by atoms with Gasteiger partial charge in [0.15, 0.2) is 0 Å². The Morgan fingerprint density at radius 1 is 1.43 bits per heavy atom. The minimum Gasteiger partial charge on any atom is -0.389 e. The van der Waals surface area contributed by atoms with Gasteiger partial charge in [-0.25, -0.2) is 0 Å². The second-order valence-electron chi connectivity index (χ2n) is 6.76. The smallest absolute Gasteiger partial charge is 0.222 e. The molecule has 1 N–H and O–H groups in total. The summed E-state index contributed by atoms with van der Waals surface area (Å²) >= 11 is 0. The molecule has 0 aliphatic carbocycles. The third kappa shape index (κ3) is 4.55. The van der Waals surface area contributed by atoms with Crippen molar-refractivity contribution in [2.24, 2.45) is 5.92 Å². The van der Waals surface area contributed by atoms with Crippen LogP contribution < -0.4 is 0 Å². The van der Waals surface area contributed by atoms with Crippen molar-refractivity contribution in [1.82, 2.24) is 4.90 Å². The third-order valence-corrected chi connectivity index (χ3v) is 5.19. The van der Waals surface area contributed by atoms with E-state index in [0.717, 1.165) is 6.42 Å². The number of carbonyl (C=O) groups excluding carboxylic acids is 1. The summed E-state index contributed by atoms with van der Waals surface area (Å²) in [7, 11) is 1.65. The van der Waals surface area contributed by atoms with Crippen molar-refractivity contribution >= 4 is 5.91 Å². The van der Waals surface area contributed by atoms with Gasteiger partial charge in [0.05, 0.1) is 5.60 Å². The minimum absolute atomic E-state index is 0.0776. The number of carbonyl (C=O) groups is 1. The van der Waals surface area contributed by atoms with Gasteiger partial charge in [-0.3, -0.25) is 4.79 Å². The quantitative estimate of drug-likeness (QED) is 0.877. The number of hydrogen-bond acceptors (Lipinski definition) is 3. The molecule has 1 saturated heterocycles. The van der Waals surface area contributed by atoms with Crippen molar-refractivity contribution in [1.29, 1.82) is 0 Å². The molecule has 1 amide bonds. The van der Waals surface area contributed by atoms with Gasteiger partial charge in [0.1, 0.15) is 0 Å². The predicted molar refractivity (Wildman–Crippen MR) is 91.3 cm³/mol. The fourth-order valence-corrected chi connectivity index (χ4v) is 3.33. The van der Waals surface area contributed by atoms with E-state index < -0.39 is 5.60 Å². The zero-order valence-corrected chi connectivity index (χ0v) is 14.5. The highest BCUT2D eigenvalue weighted by molar-refractivity contribution is 5.76. The predicted octanol–water partition coefficient (Wildman–Crippen LogP) is 2.56. The van der Waals surface area contributed by atoms with E-state index in [1.807, 2.05) is 24.0 Å². The van der Waals surface area contributed by atoms with Crippen LogP contribution in [-0.2, 0) is 16.0 Å². The van der Waals surface area contributed by atoms with Crippen molar-refractivity contribution in [3.8, 4) is 0 Å². The fraction of sp³-hybridized carbons (Fsp3) is 0.632. The van der Waals surface area contributed by atoms with Crippen LogP contribution in [0.3, 0.4) is 0 Å². The van der Waals surface area contributed by atoms with Crippen LogP contribution in [-0.4, -0.2) is 48.3 Å². The van der Waals surface area contributed by atoms with Gasteiger partial charge in [0.2, 0.25) is 5.91 Å². The number of aliphatic hydroxyl groups is 1. The highest BCUT2D eigenvalue weighted by Gasteiger charge is 2.39. The van der Waals surface area contributed by atoms with Crippen molar-refractivity contribution in [2.75, 3.05) is 26.8 Å². The van der Waals surface area contributed by atoms with Crippen LogP contribution in [0.2, 0.25) is 0 Å². The molecule has 4 nitrogen and oxygen atoms in total. The molecule has 0 bridgehead atoms. The van der Waals surface area contributed by atoms with Crippen molar-refractivity contribution in [2.45, 2.75) is 45.1 Å². The van der Waals surface area contributed by atoms with Gasteiger partial charge in [0, 0.05) is 39.1 Å². The molecule has 0 aromatic heterocycles. The van der Waals surface area contributed by atoms with Gasteiger partial charge < -0.3 is 14.7 Å². The zero-order chi connectivity index (χ0) is 16.9. The first-order valence-corrected chi connectivity index (χ1v) is 8.50. The third-order valence-electron chi connectivity index (χ3n) is 5.19. The highest BCUT2D eigenvalue weighted by atomic mass is 16.5. The summed E-state index contributed by atoms with van der Waals surface area (Å²) in [5.41, 5.74) is 1.77. The molecule has 1 aromatic carbocycles. The lowest BCUT2D eigenvalue weighted by atomic mass is 9.79. The molecule has 1 aliphatic rings. The van der Waals surface area contributed by atoms with Gasteiger partial charge in [0.25, 0.3) is 0 Å². The van der Waals surface area contributed by atoms with Gasteiger partial charge in [-0.1, -0.05) is 31.2 Å². The molecule has 1 aliphatic heterocycles. The maximum absolute atomic E-state index is 12.5. The maximum atomic E-state index is 12.5. The van der Waals surface area contributed by atoms with Gasteiger partial charge in [-0.05, 0) is 37.3 Å². The lowest BCUT2D eigenvalue weighted by Crippen LogP contribution is -2.52. The number of amides is 1. The lowest BCUT2D eigenvalue weighted by molar-refractivity contribution is -0.140. The Morgan fingerprint density at radius 3 is 2.83 bits per heavy atom. The largest absolute Gasteiger partial charge is 0.389 e. The first-order valence-electron chi connectivity index (χ1n) is 8.50. The summed E-state index contributed by atoms with van der Waals surface area (Å²) in [5, 5.41) is 10.7. The molecule has 2 rings (SSSR count). The molecular weight excluding hydrogens is 290 g/mol. The van der Waals surface area contributed by atoms with Crippen LogP contribution in [0.25, 0.3) is 0 Å². The molecule has 0 saturated carbocycles. The summed E-state index contributed by atoms with van der Waals surface area (Å²) < 4.78 is 5.09. The number of ether oxygens (including phenoxy) is 1. The summed E-state index contributed by atoms with van der Waals surface area (Å²) in [4.78, 5) is 14.4. The normalized spacial score (nSPS) is 24.7. The van der Waals surface area contributed by atoms with E-state index in [0.29, 0.717) is 39.0 Å². The standard InChI is InChI=1S/C19H29NO3/c1-15-6-4-5-7-17(15)8-9-18(21)20-12-10-19(22,11-13-23-3)16(2)14-20/h4-7,16,22H,8-14H2,1-3H3. The molecule has 2 atom stereocenters.